The van der Waals surface area contributed by atoms with Gasteiger partial charge in [0.2, 0.25) is 0 Å². The lowest BCUT2D eigenvalue weighted by atomic mass is 9.88. The molecule has 1 aliphatic rings. The van der Waals surface area contributed by atoms with E-state index in [2.05, 4.69) is 10.5 Å². The Morgan fingerprint density at radius 2 is 2.19 bits per heavy atom. The molecule has 2 heterocycles. The summed E-state index contributed by atoms with van der Waals surface area (Å²) in [5.41, 5.74) is -0.115. The molecule has 0 spiro atoms. The van der Waals surface area contributed by atoms with E-state index in [0.717, 1.165) is 38.1 Å². The van der Waals surface area contributed by atoms with Crippen molar-refractivity contribution in [2.24, 2.45) is 0 Å². The molecule has 0 unspecified atom stereocenters. The number of nitrogens with zero attached hydrogens (tertiary/aromatic N) is 1. The summed E-state index contributed by atoms with van der Waals surface area (Å²) in [5.74, 6) is 1.34. The molecule has 0 amide bonds. The second-order valence-corrected chi connectivity index (χ2v) is 4.15. The first kappa shape index (κ1) is 11.4. The van der Waals surface area contributed by atoms with Gasteiger partial charge in [-0.25, -0.2) is 0 Å². The van der Waals surface area contributed by atoms with Crippen molar-refractivity contribution >= 4 is 0 Å². The second kappa shape index (κ2) is 4.84. The van der Waals surface area contributed by atoms with Crippen LogP contribution >= 0.6 is 0 Å². The lowest BCUT2D eigenvalue weighted by Crippen LogP contribution is -2.44. The molecule has 90 valence electrons. The molecule has 5 heteroatoms. The standard InChI is InChI=1S/C11H18N2O3/c1-14-10-7-9(16-13-10)8-11(15-2)3-5-12-6-4-11/h7,12H,3-6,8H2,1-2H3. The Balaban J connectivity index is 2.05. The summed E-state index contributed by atoms with van der Waals surface area (Å²) in [4.78, 5) is 0. The Bertz CT molecular complexity index is 332. The normalized spacial score (nSPS) is 19.6. The smallest absolute Gasteiger partial charge is 0.254 e. The monoisotopic (exact) mass is 226 g/mol. The van der Waals surface area contributed by atoms with Crippen LogP contribution < -0.4 is 10.1 Å². The van der Waals surface area contributed by atoms with Crippen LogP contribution in [0, 0.1) is 0 Å². The van der Waals surface area contributed by atoms with Crippen molar-refractivity contribution in [2.45, 2.75) is 24.9 Å². The van der Waals surface area contributed by atoms with Crippen molar-refractivity contribution in [2.75, 3.05) is 27.3 Å². The molecule has 0 aromatic carbocycles. The molecular formula is C11H18N2O3. The van der Waals surface area contributed by atoms with Gasteiger partial charge in [0.15, 0.2) is 0 Å². The third kappa shape index (κ3) is 2.36. The Kier molecular flexibility index (Phi) is 3.46. The Morgan fingerprint density at radius 3 is 2.75 bits per heavy atom. The zero-order valence-electron chi connectivity index (χ0n) is 9.78. The Hall–Kier alpha value is -1.07. The molecule has 1 fully saturated rings. The minimum atomic E-state index is -0.115. The summed E-state index contributed by atoms with van der Waals surface area (Å²) in [6.07, 6.45) is 2.74. The number of ether oxygens (including phenoxy) is 2. The number of piperidine rings is 1. The SMILES string of the molecule is COc1cc(CC2(OC)CCNCC2)on1. The molecule has 16 heavy (non-hydrogen) atoms. The van der Waals surface area contributed by atoms with Gasteiger partial charge in [-0.3, -0.25) is 0 Å². The van der Waals surface area contributed by atoms with Crippen LogP contribution in [-0.2, 0) is 11.2 Å². The van der Waals surface area contributed by atoms with E-state index in [0.29, 0.717) is 5.88 Å². The van der Waals surface area contributed by atoms with Gasteiger partial charge < -0.3 is 19.3 Å². The fourth-order valence-electron chi connectivity index (χ4n) is 2.13. The molecule has 1 aliphatic heterocycles. The average molecular weight is 226 g/mol. The molecule has 0 aliphatic carbocycles. The van der Waals surface area contributed by atoms with Gasteiger partial charge in [-0.2, -0.15) is 0 Å². The van der Waals surface area contributed by atoms with E-state index in [1.165, 1.54) is 0 Å². The van der Waals surface area contributed by atoms with E-state index < -0.39 is 0 Å². The highest BCUT2D eigenvalue weighted by Crippen LogP contribution is 2.28. The first-order valence-electron chi connectivity index (χ1n) is 5.53. The first-order chi connectivity index (χ1) is 7.78. The summed E-state index contributed by atoms with van der Waals surface area (Å²) in [7, 11) is 3.34. The third-order valence-corrected chi connectivity index (χ3v) is 3.19. The van der Waals surface area contributed by atoms with E-state index in [4.69, 9.17) is 14.0 Å². The molecule has 0 atom stereocenters. The zero-order chi connectivity index (χ0) is 11.4. The van der Waals surface area contributed by atoms with Gasteiger partial charge in [0.25, 0.3) is 5.88 Å². The fraction of sp³-hybridized carbons (Fsp3) is 0.727. The van der Waals surface area contributed by atoms with Gasteiger partial charge in [-0.15, -0.1) is 0 Å². The Labute approximate surface area is 95.1 Å². The van der Waals surface area contributed by atoms with Crippen LogP contribution in [0.4, 0.5) is 0 Å². The molecule has 0 radical (unpaired) electrons. The summed E-state index contributed by atoms with van der Waals surface area (Å²) < 4.78 is 15.9. The predicted octanol–water partition coefficient (Wildman–Crippen LogP) is 0.994. The van der Waals surface area contributed by atoms with Crippen LogP contribution in [0.5, 0.6) is 5.88 Å². The van der Waals surface area contributed by atoms with E-state index in [1.807, 2.05) is 6.07 Å². The first-order valence-corrected chi connectivity index (χ1v) is 5.53. The predicted molar refractivity (Wildman–Crippen MR) is 58.6 cm³/mol. The largest absolute Gasteiger partial charge is 0.479 e. The molecule has 0 bridgehead atoms. The maximum atomic E-state index is 5.66. The summed E-state index contributed by atoms with van der Waals surface area (Å²) in [5, 5.41) is 7.12. The van der Waals surface area contributed by atoms with Crippen LogP contribution in [0.3, 0.4) is 0 Å². The molecule has 5 nitrogen and oxygen atoms in total. The minimum absolute atomic E-state index is 0.115. The van der Waals surface area contributed by atoms with Crippen molar-refractivity contribution in [3.63, 3.8) is 0 Å². The molecule has 1 saturated heterocycles. The van der Waals surface area contributed by atoms with Crippen molar-refractivity contribution in [3.8, 4) is 5.88 Å². The van der Waals surface area contributed by atoms with Crippen LogP contribution in [0.1, 0.15) is 18.6 Å². The Morgan fingerprint density at radius 1 is 1.44 bits per heavy atom. The van der Waals surface area contributed by atoms with Crippen LogP contribution in [0.2, 0.25) is 0 Å². The topological polar surface area (TPSA) is 56.5 Å². The van der Waals surface area contributed by atoms with Crippen molar-refractivity contribution in [1.29, 1.82) is 0 Å². The number of nitrogens with one attached hydrogen (secondary N) is 1. The highest BCUT2D eigenvalue weighted by atomic mass is 16.5. The molecule has 0 saturated carbocycles. The van der Waals surface area contributed by atoms with Crippen LogP contribution in [0.15, 0.2) is 10.6 Å². The van der Waals surface area contributed by atoms with Gasteiger partial charge in [0.05, 0.1) is 12.7 Å². The van der Waals surface area contributed by atoms with Crippen LogP contribution in [-0.4, -0.2) is 38.1 Å². The van der Waals surface area contributed by atoms with Gasteiger partial charge in [-0.1, -0.05) is 0 Å². The highest BCUT2D eigenvalue weighted by Gasteiger charge is 2.33. The van der Waals surface area contributed by atoms with Crippen molar-refractivity contribution < 1.29 is 14.0 Å². The third-order valence-electron chi connectivity index (χ3n) is 3.19. The van der Waals surface area contributed by atoms with Crippen molar-refractivity contribution in [3.05, 3.63) is 11.8 Å². The van der Waals surface area contributed by atoms with E-state index in [9.17, 15) is 0 Å². The molecular weight excluding hydrogens is 208 g/mol. The maximum absolute atomic E-state index is 5.66. The van der Waals surface area contributed by atoms with E-state index >= 15 is 0 Å². The van der Waals surface area contributed by atoms with Gasteiger partial charge in [-0.05, 0) is 31.1 Å². The van der Waals surface area contributed by atoms with Crippen LogP contribution in [0.25, 0.3) is 0 Å². The molecule has 2 rings (SSSR count). The van der Waals surface area contributed by atoms with E-state index in [1.54, 1.807) is 14.2 Å². The minimum Gasteiger partial charge on any atom is -0.479 e. The number of methoxy groups -OCH3 is 2. The number of hydrogen-bond donors (Lipinski definition) is 1. The molecule has 1 aromatic rings. The molecule has 1 aromatic heterocycles. The lowest BCUT2D eigenvalue weighted by molar-refractivity contribution is -0.0374. The number of hydrogen-bond acceptors (Lipinski definition) is 5. The number of rotatable bonds is 4. The second-order valence-electron chi connectivity index (χ2n) is 4.15. The summed E-state index contributed by atoms with van der Waals surface area (Å²) in [6, 6.07) is 1.82. The highest BCUT2D eigenvalue weighted by molar-refractivity contribution is 5.13. The van der Waals surface area contributed by atoms with Crippen molar-refractivity contribution in [1.82, 2.24) is 10.5 Å². The molecule has 1 N–H and O–H groups in total. The number of aromatic nitrogens is 1. The van der Waals surface area contributed by atoms with E-state index in [-0.39, 0.29) is 5.60 Å². The summed E-state index contributed by atoms with van der Waals surface area (Å²) >= 11 is 0. The quantitative estimate of drug-likeness (QED) is 0.829. The zero-order valence-corrected chi connectivity index (χ0v) is 9.78. The average Bonchev–Trinajstić information content (AvgIpc) is 2.78. The van der Waals surface area contributed by atoms with Gasteiger partial charge in [0, 0.05) is 19.6 Å². The summed E-state index contributed by atoms with van der Waals surface area (Å²) in [6.45, 7) is 1.97. The van der Waals surface area contributed by atoms with Gasteiger partial charge in [0.1, 0.15) is 5.76 Å². The fourth-order valence-corrected chi connectivity index (χ4v) is 2.13. The lowest BCUT2D eigenvalue weighted by Gasteiger charge is -2.35. The maximum Gasteiger partial charge on any atom is 0.254 e. The van der Waals surface area contributed by atoms with Gasteiger partial charge >= 0.3 is 0 Å².